The van der Waals surface area contributed by atoms with Crippen molar-refractivity contribution in [2.45, 2.75) is 25.3 Å². The van der Waals surface area contributed by atoms with Crippen molar-refractivity contribution in [3.05, 3.63) is 59.7 Å². The van der Waals surface area contributed by atoms with Crippen molar-refractivity contribution in [2.24, 2.45) is 0 Å². The van der Waals surface area contributed by atoms with Gasteiger partial charge in [0.1, 0.15) is 5.75 Å². The van der Waals surface area contributed by atoms with Crippen LogP contribution in [0.25, 0.3) is 0 Å². The van der Waals surface area contributed by atoms with Gasteiger partial charge in [-0.1, -0.05) is 18.2 Å². The van der Waals surface area contributed by atoms with Crippen molar-refractivity contribution in [3.8, 4) is 5.75 Å². The molecule has 136 valence electrons. The van der Waals surface area contributed by atoms with Gasteiger partial charge in [-0.2, -0.15) is 0 Å². The molecule has 2 aromatic rings. The van der Waals surface area contributed by atoms with Crippen LogP contribution in [-0.2, 0) is 16.0 Å². The first-order valence-electron chi connectivity index (χ1n) is 7.65. The second-order valence-electron chi connectivity index (χ2n) is 5.98. The van der Waals surface area contributed by atoms with E-state index in [1.54, 1.807) is 24.3 Å². The monoisotopic (exact) mass is 365 g/mol. The Morgan fingerprint density at radius 3 is 2.46 bits per heavy atom. The smallest absolute Gasteiger partial charge is 0.445 e. The average molecular weight is 365 g/mol. The summed E-state index contributed by atoms with van der Waals surface area (Å²) in [7, 11) is 0. The molecule has 0 radical (unpaired) electrons. The summed E-state index contributed by atoms with van der Waals surface area (Å²) in [4.78, 5) is 24.7. The number of benzene rings is 2. The topological polar surface area (TPSA) is 64.6 Å². The summed E-state index contributed by atoms with van der Waals surface area (Å²) in [6.45, 7) is 1.48. The van der Waals surface area contributed by atoms with E-state index in [-0.39, 0.29) is 12.1 Å². The predicted octanol–water partition coefficient (Wildman–Crippen LogP) is 3.70. The number of cyclic esters (lactones) is 1. The van der Waals surface area contributed by atoms with Crippen LogP contribution >= 0.6 is 0 Å². The first kappa shape index (κ1) is 17.8. The first-order chi connectivity index (χ1) is 12.2. The number of fused-ring (bicyclic) bond motifs is 1. The summed E-state index contributed by atoms with van der Waals surface area (Å²) in [5, 5.41) is 2.54. The van der Waals surface area contributed by atoms with E-state index in [9.17, 15) is 22.8 Å². The Morgan fingerprint density at radius 2 is 1.81 bits per heavy atom. The van der Waals surface area contributed by atoms with Crippen molar-refractivity contribution in [1.29, 1.82) is 0 Å². The van der Waals surface area contributed by atoms with Crippen molar-refractivity contribution in [2.75, 3.05) is 5.32 Å². The van der Waals surface area contributed by atoms with Crippen molar-refractivity contribution < 1.29 is 32.2 Å². The number of alkyl halides is 3. The Morgan fingerprint density at radius 1 is 1.15 bits per heavy atom. The average Bonchev–Trinajstić information content (AvgIpc) is 2.55. The molecular weight excluding hydrogens is 351 g/mol. The van der Waals surface area contributed by atoms with Gasteiger partial charge >= 0.3 is 12.3 Å². The summed E-state index contributed by atoms with van der Waals surface area (Å²) in [5.41, 5.74) is -0.0746. The maximum absolute atomic E-state index is 12.6. The lowest BCUT2D eigenvalue weighted by Gasteiger charge is -2.33. The zero-order chi connectivity index (χ0) is 18.9. The Kier molecular flexibility index (Phi) is 4.35. The highest BCUT2D eigenvalue weighted by Crippen LogP contribution is 2.30. The summed E-state index contributed by atoms with van der Waals surface area (Å²) in [6.07, 6.45) is -4.60. The number of rotatable bonds is 3. The fourth-order valence-corrected chi connectivity index (χ4v) is 2.66. The third kappa shape index (κ3) is 3.79. The number of amides is 1. The standard InChI is InChI=1S/C18H14F3NO4/c1-17(10-11-4-2-3-5-14(11)15(23)26-17)16(24)22-12-6-8-13(9-7-12)25-18(19,20)21/h2-9H,10H2,1H3,(H,22,24)/t17-/m0/s1. The molecule has 0 spiro atoms. The summed E-state index contributed by atoms with van der Waals surface area (Å²) >= 11 is 0. The van der Waals surface area contributed by atoms with E-state index in [0.717, 1.165) is 12.1 Å². The maximum Gasteiger partial charge on any atom is 0.573 e. The predicted molar refractivity (Wildman–Crippen MR) is 85.7 cm³/mol. The van der Waals surface area contributed by atoms with Gasteiger partial charge < -0.3 is 14.8 Å². The molecule has 0 saturated carbocycles. The number of anilines is 1. The van der Waals surface area contributed by atoms with Crippen molar-refractivity contribution in [1.82, 2.24) is 0 Å². The van der Waals surface area contributed by atoms with Gasteiger partial charge in [0.05, 0.1) is 5.56 Å². The highest BCUT2D eigenvalue weighted by atomic mass is 19.4. The Labute approximate surface area is 146 Å². The minimum Gasteiger partial charge on any atom is -0.445 e. The van der Waals surface area contributed by atoms with Gasteiger partial charge in [-0.25, -0.2) is 4.79 Å². The quantitative estimate of drug-likeness (QED) is 0.843. The molecule has 26 heavy (non-hydrogen) atoms. The summed E-state index contributed by atoms with van der Waals surface area (Å²) < 4.78 is 45.6. The van der Waals surface area contributed by atoms with E-state index in [2.05, 4.69) is 10.1 Å². The SMILES string of the molecule is C[C@@]1(C(=O)Nc2ccc(OC(F)(F)F)cc2)Cc2ccccc2C(=O)O1. The van der Waals surface area contributed by atoms with Crippen LogP contribution in [0, 0.1) is 0 Å². The Balaban J connectivity index is 1.73. The van der Waals surface area contributed by atoms with E-state index in [0.29, 0.717) is 11.1 Å². The molecule has 1 atom stereocenters. The lowest BCUT2D eigenvalue weighted by Crippen LogP contribution is -2.48. The summed E-state index contributed by atoms with van der Waals surface area (Å²) in [5.74, 6) is -1.58. The van der Waals surface area contributed by atoms with Crippen LogP contribution in [-0.4, -0.2) is 23.8 Å². The number of halogens is 3. The van der Waals surface area contributed by atoms with Crippen LogP contribution in [0.3, 0.4) is 0 Å². The normalized spacial score (nSPS) is 19.3. The Bertz CT molecular complexity index is 848. The molecule has 3 rings (SSSR count). The van der Waals surface area contributed by atoms with E-state index in [1.165, 1.54) is 19.1 Å². The molecule has 0 aliphatic carbocycles. The number of carbonyl (C=O) groups is 2. The molecule has 2 aromatic carbocycles. The highest BCUT2D eigenvalue weighted by Gasteiger charge is 2.42. The van der Waals surface area contributed by atoms with Gasteiger partial charge in [0.2, 0.25) is 0 Å². The molecule has 0 saturated heterocycles. The molecule has 8 heteroatoms. The lowest BCUT2D eigenvalue weighted by molar-refractivity contribution is -0.274. The van der Waals surface area contributed by atoms with E-state index in [1.807, 2.05) is 0 Å². The third-order valence-corrected chi connectivity index (χ3v) is 3.91. The largest absolute Gasteiger partial charge is 0.573 e. The second kappa shape index (κ2) is 6.36. The lowest BCUT2D eigenvalue weighted by atomic mass is 9.89. The van der Waals surface area contributed by atoms with Crippen molar-refractivity contribution >= 4 is 17.6 Å². The first-order valence-corrected chi connectivity index (χ1v) is 7.65. The van der Waals surface area contributed by atoms with Crippen LogP contribution in [0.15, 0.2) is 48.5 Å². The number of hydrogen-bond donors (Lipinski definition) is 1. The van der Waals surface area contributed by atoms with Crippen LogP contribution in [0.4, 0.5) is 18.9 Å². The molecule has 0 aromatic heterocycles. The number of ether oxygens (including phenoxy) is 2. The van der Waals surface area contributed by atoms with E-state index >= 15 is 0 Å². The highest BCUT2D eigenvalue weighted by molar-refractivity contribution is 6.02. The fraction of sp³-hybridized carbons (Fsp3) is 0.222. The molecule has 1 N–H and O–H groups in total. The minimum absolute atomic E-state index is 0.190. The Hall–Kier alpha value is -3.03. The van der Waals surface area contributed by atoms with Crippen LogP contribution < -0.4 is 10.1 Å². The fourth-order valence-electron chi connectivity index (χ4n) is 2.66. The summed E-state index contributed by atoms with van der Waals surface area (Å²) in [6, 6.07) is 11.5. The van der Waals surface area contributed by atoms with Gasteiger partial charge in [0.15, 0.2) is 5.60 Å². The van der Waals surface area contributed by atoms with Crippen molar-refractivity contribution in [3.63, 3.8) is 0 Å². The number of nitrogens with one attached hydrogen (secondary N) is 1. The van der Waals surface area contributed by atoms with Crippen LogP contribution in [0.2, 0.25) is 0 Å². The molecule has 0 fully saturated rings. The van der Waals surface area contributed by atoms with E-state index in [4.69, 9.17) is 4.74 Å². The molecule has 1 aliphatic rings. The van der Waals surface area contributed by atoms with Gasteiger partial charge in [0.25, 0.3) is 5.91 Å². The molecule has 5 nitrogen and oxygen atoms in total. The number of esters is 1. The molecule has 1 heterocycles. The van der Waals surface area contributed by atoms with Gasteiger partial charge in [-0.3, -0.25) is 4.79 Å². The third-order valence-electron chi connectivity index (χ3n) is 3.91. The molecule has 0 bridgehead atoms. The molecule has 1 aliphatic heterocycles. The van der Waals surface area contributed by atoms with Crippen LogP contribution in [0.1, 0.15) is 22.8 Å². The van der Waals surface area contributed by atoms with Gasteiger partial charge in [0, 0.05) is 12.1 Å². The van der Waals surface area contributed by atoms with Crippen LogP contribution in [0.5, 0.6) is 5.75 Å². The maximum atomic E-state index is 12.6. The second-order valence-corrected chi connectivity index (χ2v) is 5.98. The molecular formula is C18H14F3NO4. The number of carbonyl (C=O) groups excluding carboxylic acids is 2. The minimum atomic E-state index is -4.79. The molecule has 0 unspecified atom stereocenters. The zero-order valence-electron chi connectivity index (χ0n) is 13.6. The van der Waals surface area contributed by atoms with Gasteiger partial charge in [-0.15, -0.1) is 13.2 Å². The van der Waals surface area contributed by atoms with E-state index < -0.39 is 29.6 Å². The number of hydrogen-bond acceptors (Lipinski definition) is 4. The zero-order valence-corrected chi connectivity index (χ0v) is 13.6. The van der Waals surface area contributed by atoms with Gasteiger partial charge in [-0.05, 0) is 42.8 Å². The molecule has 1 amide bonds.